The number of ether oxygens (including phenoxy) is 1. The summed E-state index contributed by atoms with van der Waals surface area (Å²) >= 11 is 3.37. The molecule has 2 aromatic rings. The van der Waals surface area contributed by atoms with E-state index in [1.807, 2.05) is 24.3 Å². The van der Waals surface area contributed by atoms with E-state index in [1.165, 1.54) is 0 Å². The van der Waals surface area contributed by atoms with Crippen LogP contribution in [0.15, 0.2) is 39.4 Å². The number of hydrogen-bond donors (Lipinski definition) is 1. The van der Waals surface area contributed by atoms with Crippen LogP contribution < -0.4 is 10.1 Å². The maximum atomic E-state index is 5.49. The zero-order chi connectivity index (χ0) is 12.8. The lowest BCUT2D eigenvalue weighted by molar-refractivity contribution is 0.330. The van der Waals surface area contributed by atoms with E-state index in [9.17, 15) is 0 Å². The van der Waals surface area contributed by atoms with E-state index in [0.717, 1.165) is 23.1 Å². The highest BCUT2D eigenvalue weighted by atomic mass is 79.9. The number of benzene rings is 1. The molecule has 1 aromatic carbocycles. The van der Waals surface area contributed by atoms with Gasteiger partial charge in [-0.1, -0.05) is 22.9 Å². The Labute approximate surface area is 114 Å². The fraction of sp³-hybridized carbons (Fsp3) is 0.308. The second-order valence-electron chi connectivity index (χ2n) is 3.84. The highest BCUT2D eigenvalue weighted by Gasteiger charge is 2.05. The fourth-order valence-corrected chi connectivity index (χ4v) is 1.68. The Morgan fingerprint density at radius 2 is 2.11 bits per heavy atom. The van der Waals surface area contributed by atoms with Crippen molar-refractivity contribution in [3.63, 3.8) is 0 Å². The molecule has 4 nitrogen and oxygen atoms in total. The van der Waals surface area contributed by atoms with Crippen molar-refractivity contribution >= 4 is 15.9 Å². The molecule has 0 unspecified atom stereocenters. The summed E-state index contributed by atoms with van der Waals surface area (Å²) in [5.41, 5.74) is 0.843. The summed E-state index contributed by atoms with van der Waals surface area (Å²) in [5.74, 6) is 0.702. The van der Waals surface area contributed by atoms with Gasteiger partial charge in [0.1, 0.15) is 12.0 Å². The molecule has 0 bridgehead atoms. The summed E-state index contributed by atoms with van der Waals surface area (Å²) in [4.78, 5) is 4.24. The van der Waals surface area contributed by atoms with Gasteiger partial charge in [-0.15, -0.1) is 0 Å². The Balaban J connectivity index is 1.91. The lowest BCUT2D eigenvalue weighted by Crippen LogP contribution is -2.13. The van der Waals surface area contributed by atoms with Gasteiger partial charge in [-0.05, 0) is 37.2 Å². The molecule has 0 radical (unpaired) electrons. The van der Waals surface area contributed by atoms with Crippen LogP contribution in [0, 0.1) is 0 Å². The molecule has 0 atom stereocenters. The largest absolute Gasteiger partial charge is 0.417 e. The quantitative estimate of drug-likeness (QED) is 0.826. The van der Waals surface area contributed by atoms with Gasteiger partial charge in [0.05, 0.1) is 5.69 Å². The van der Waals surface area contributed by atoms with E-state index in [-0.39, 0.29) is 6.08 Å². The summed E-state index contributed by atoms with van der Waals surface area (Å²) in [6.07, 6.45) is 2.97. The van der Waals surface area contributed by atoms with Crippen LogP contribution >= 0.6 is 15.9 Å². The lowest BCUT2D eigenvalue weighted by Gasteiger charge is -2.00. The third kappa shape index (κ3) is 3.85. The van der Waals surface area contributed by atoms with E-state index >= 15 is 0 Å². The zero-order valence-electron chi connectivity index (χ0n) is 10.1. The molecule has 0 fully saturated rings. The predicted molar refractivity (Wildman–Crippen MR) is 72.7 cm³/mol. The van der Waals surface area contributed by atoms with E-state index in [1.54, 1.807) is 6.26 Å². The maximum Gasteiger partial charge on any atom is 0.399 e. The second kappa shape index (κ2) is 6.56. The van der Waals surface area contributed by atoms with Crippen molar-refractivity contribution in [2.24, 2.45) is 0 Å². The molecular weight excluding hydrogens is 296 g/mol. The number of nitrogens with zero attached hydrogens (tertiary/aromatic N) is 1. The Bertz CT molecular complexity index is 482. The minimum Gasteiger partial charge on any atom is -0.417 e. The van der Waals surface area contributed by atoms with Crippen molar-refractivity contribution in [2.75, 3.05) is 6.54 Å². The Morgan fingerprint density at radius 1 is 1.33 bits per heavy atom. The van der Waals surface area contributed by atoms with Gasteiger partial charge < -0.3 is 14.5 Å². The molecule has 0 spiro atoms. The van der Waals surface area contributed by atoms with Crippen molar-refractivity contribution in [2.45, 2.75) is 19.9 Å². The molecule has 0 saturated heterocycles. The average Bonchev–Trinajstić information content (AvgIpc) is 2.80. The molecule has 5 heteroatoms. The van der Waals surface area contributed by atoms with E-state index < -0.39 is 0 Å². The molecular formula is C13H15BrN2O2. The SMILES string of the molecule is CCCNCc1coc(Oc2ccc(Br)cc2)n1. The predicted octanol–water partition coefficient (Wildman–Crippen LogP) is 3.73. The van der Waals surface area contributed by atoms with Gasteiger partial charge in [-0.2, -0.15) is 4.98 Å². The minimum atomic E-state index is 0.269. The van der Waals surface area contributed by atoms with E-state index in [0.29, 0.717) is 12.3 Å². The molecule has 0 saturated carbocycles. The summed E-state index contributed by atoms with van der Waals surface area (Å²) in [6, 6.07) is 7.51. The number of rotatable bonds is 6. The third-order valence-electron chi connectivity index (χ3n) is 2.28. The third-order valence-corrected chi connectivity index (χ3v) is 2.81. The minimum absolute atomic E-state index is 0.269. The van der Waals surface area contributed by atoms with Gasteiger partial charge in [0.2, 0.25) is 0 Å². The van der Waals surface area contributed by atoms with Gasteiger partial charge in [0.25, 0.3) is 0 Å². The Hall–Kier alpha value is -1.33. The average molecular weight is 311 g/mol. The van der Waals surface area contributed by atoms with Crippen LogP contribution in [-0.2, 0) is 6.54 Å². The van der Waals surface area contributed by atoms with Crippen molar-refractivity contribution in [3.05, 3.63) is 40.7 Å². The summed E-state index contributed by atoms with van der Waals surface area (Å²) in [7, 11) is 0. The smallest absolute Gasteiger partial charge is 0.399 e. The first-order valence-corrected chi connectivity index (χ1v) is 6.66. The van der Waals surface area contributed by atoms with Crippen molar-refractivity contribution in [3.8, 4) is 11.8 Å². The van der Waals surface area contributed by atoms with Crippen molar-refractivity contribution in [1.29, 1.82) is 0 Å². The van der Waals surface area contributed by atoms with Crippen molar-refractivity contribution in [1.82, 2.24) is 10.3 Å². The zero-order valence-corrected chi connectivity index (χ0v) is 11.7. The number of aromatic nitrogens is 1. The van der Waals surface area contributed by atoms with Gasteiger partial charge in [-0.25, -0.2) is 0 Å². The van der Waals surface area contributed by atoms with Crippen molar-refractivity contribution < 1.29 is 9.15 Å². The number of nitrogens with one attached hydrogen (secondary N) is 1. The first-order valence-electron chi connectivity index (χ1n) is 5.86. The summed E-state index contributed by atoms with van der Waals surface area (Å²) < 4.78 is 11.7. The fourth-order valence-electron chi connectivity index (χ4n) is 1.41. The van der Waals surface area contributed by atoms with Crippen LogP contribution in [0.5, 0.6) is 11.8 Å². The molecule has 18 heavy (non-hydrogen) atoms. The van der Waals surface area contributed by atoms with Gasteiger partial charge >= 0.3 is 6.08 Å². The van der Waals surface area contributed by atoms with Crippen LogP contribution in [0.4, 0.5) is 0 Å². The maximum absolute atomic E-state index is 5.49. The Kier molecular flexibility index (Phi) is 4.78. The molecule has 96 valence electrons. The van der Waals surface area contributed by atoms with E-state index in [4.69, 9.17) is 9.15 Å². The molecule has 0 aliphatic carbocycles. The molecule has 1 heterocycles. The van der Waals surface area contributed by atoms with Crippen LogP contribution in [-0.4, -0.2) is 11.5 Å². The van der Waals surface area contributed by atoms with E-state index in [2.05, 4.69) is 33.2 Å². The van der Waals surface area contributed by atoms with Crippen LogP contribution in [0.25, 0.3) is 0 Å². The topological polar surface area (TPSA) is 47.3 Å². The number of oxazole rings is 1. The molecule has 2 rings (SSSR count). The second-order valence-corrected chi connectivity index (χ2v) is 4.75. The first kappa shape index (κ1) is 13.1. The van der Waals surface area contributed by atoms with Gasteiger partial charge in [0, 0.05) is 11.0 Å². The normalized spacial score (nSPS) is 10.6. The van der Waals surface area contributed by atoms with Crippen LogP contribution in [0.1, 0.15) is 19.0 Å². The molecule has 0 aliphatic heterocycles. The van der Waals surface area contributed by atoms with Gasteiger partial charge in [-0.3, -0.25) is 0 Å². The standard InChI is InChI=1S/C13H15BrN2O2/c1-2-7-15-8-11-9-17-13(16-11)18-12-5-3-10(14)4-6-12/h3-6,9,15H,2,7-8H2,1H3. The lowest BCUT2D eigenvalue weighted by atomic mass is 10.3. The number of hydrogen-bond acceptors (Lipinski definition) is 4. The highest BCUT2D eigenvalue weighted by Crippen LogP contribution is 2.22. The van der Waals surface area contributed by atoms with Crippen LogP contribution in [0.3, 0.4) is 0 Å². The molecule has 0 amide bonds. The first-order chi connectivity index (χ1) is 8.78. The summed E-state index contributed by atoms with van der Waals surface area (Å²) in [6.45, 7) is 3.79. The highest BCUT2D eigenvalue weighted by molar-refractivity contribution is 9.10. The van der Waals surface area contributed by atoms with Crippen LogP contribution in [0.2, 0.25) is 0 Å². The summed E-state index contributed by atoms with van der Waals surface area (Å²) in [5, 5.41) is 3.25. The van der Waals surface area contributed by atoms with Gasteiger partial charge in [0.15, 0.2) is 0 Å². The number of halogens is 1. The molecule has 1 N–H and O–H groups in total. The monoisotopic (exact) mass is 310 g/mol. The Morgan fingerprint density at radius 3 is 2.83 bits per heavy atom. The molecule has 0 aliphatic rings. The molecule has 1 aromatic heterocycles.